The molecule has 1 aromatic rings. The van der Waals surface area contributed by atoms with Crippen LogP contribution < -0.4 is 5.32 Å². The molecular weight excluding hydrogens is 242 g/mol. The summed E-state index contributed by atoms with van der Waals surface area (Å²) in [6, 6.07) is 12.3. The van der Waals surface area contributed by atoms with E-state index in [0.29, 0.717) is 5.56 Å². The highest BCUT2D eigenvalue weighted by atomic mass is 16.2. The molecule has 0 aromatic heterocycles. The van der Waals surface area contributed by atoms with Crippen molar-refractivity contribution in [3.8, 4) is 12.1 Å². The lowest BCUT2D eigenvalue weighted by Gasteiger charge is -2.41. The lowest BCUT2D eigenvalue weighted by Crippen LogP contribution is -2.60. The van der Waals surface area contributed by atoms with Gasteiger partial charge in [0.25, 0.3) is 5.91 Å². The monoisotopic (exact) mass is 253 g/mol. The van der Waals surface area contributed by atoms with E-state index in [-0.39, 0.29) is 6.42 Å². The van der Waals surface area contributed by atoms with Crippen LogP contribution in [-0.4, -0.2) is 11.8 Å². The smallest absolute Gasteiger partial charge is 0.262 e. The highest BCUT2D eigenvalue weighted by molar-refractivity contribution is 6.05. The molecule has 1 aromatic carbocycles. The Labute approximate surface area is 110 Å². The van der Waals surface area contributed by atoms with Gasteiger partial charge in [-0.2, -0.15) is 10.5 Å². The van der Waals surface area contributed by atoms with Crippen LogP contribution in [0, 0.1) is 28.1 Å². The number of rotatable bonds is 1. The molecule has 0 spiro atoms. The van der Waals surface area contributed by atoms with Gasteiger partial charge in [-0.25, -0.2) is 0 Å². The predicted molar refractivity (Wildman–Crippen MR) is 65.2 cm³/mol. The van der Waals surface area contributed by atoms with E-state index in [1.165, 1.54) is 0 Å². The first kappa shape index (κ1) is 12.8. The van der Waals surface area contributed by atoms with Crippen molar-refractivity contribution < 1.29 is 9.59 Å². The zero-order valence-electron chi connectivity index (χ0n) is 10.3. The van der Waals surface area contributed by atoms with Crippen LogP contribution in [0.5, 0.6) is 0 Å². The SMILES string of the molecule is CC1(c2ccccc2)CC(=O)NC(=O)C1(C#N)C#N. The Morgan fingerprint density at radius 3 is 2.26 bits per heavy atom. The van der Waals surface area contributed by atoms with E-state index in [2.05, 4.69) is 5.32 Å². The van der Waals surface area contributed by atoms with Gasteiger partial charge in [0.2, 0.25) is 11.3 Å². The minimum absolute atomic E-state index is 0.0795. The van der Waals surface area contributed by atoms with Gasteiger partial charge in [0.05, 0.1) is 12.1 Å². The molecule has 0 aliphatic carbocycles. The van der Waals surface area contributed by atoms with E-state index in [4.69, 9.17) is 0 Å². The van der Waals surface area contributed by atoms with Crippen LogP contribution in [0.25, 0.3) is 0 Å². The first-order chi connectivity index (χ1) is 9.00. The van der Waals surface area contributed by atoms with E-state index in [1.54, 1.807) is 49.4 Å². The zero-order valence-corrected chi connectivity index (χ0v) is 10.3. The van der Waals surface area contributed by atoms with Crippen LogP contribution in [0.2, 0.25) is 0 Å². The van der Waals surface area contributed by atoms with Gasteiger partial charge in [-0.05, 0) is 5.56 Å². The third-order valence-corrected chi connectivity index (χ3v) is 3.68. The molecule has 94 valence electrons. The van der Waals surface area contributed by atoms with E-state index < -0.39 is 22.6 Å². The minimum atomic E-state index is -1.90. The zero-order chi connectivity index (χ0) is 14.1. The first-order valence-corrected chi connectivity index (χ1v) is 5.72. The number of benzene rings is 1. The number of hydrogen-bond acceptors (Lipinski definition) is 4. The van der Waals surface area contributed by atoms with Gasteiger partial charge in [0.15, 0.2) is 0 Å². The third-order valence-electron chi connectivity index (χ3n) is 3.68. The topological polar surface area (TPSA) is 93.8 Å². The van der Waals surface area contributed by atoms with Crippen molar-refractivity contribution in [3.05, 3.63) is 35.9 Å². The second kappa shape index (κ2) is 4.22. The maximum Gasteiger partial charge on any atom is 0.262 e. The number of hydrogen-bond donors (Lipinski definition) is 1. The molecule has 1 aliphatic heterocycles. The summed E-state index contributed by atoms with van der Waals surface area (Å²) in [7, 11) is 0. The van der Waals surface area contributed by atoms with Gasteiger partial charge in [-0.3, -0.25) is 14.9 Å². The molecule has 0 bridgehead atoms. The summed E-state index contributed by atoms with van der Waals surface area (Å²) in [5.41, 5.74) is -2.43. The van der Waals surface area contributed by atoms with Crippen LogP contribution >= 0.6 is 0 Å². The summed E-state index contributed by atoms with van der Waals surface area (Å²) in [6.07, 6.45) is -0.0795. The number of carbonyl (C=O) groups excluding carboxylic acids is 2. The minimum Gasteiger partial charge on any atom is -0.294 e. The lowest BCUT2D eigenvalue weighted by molar-refractivity contribution is -0.141. The third kappa shape index (κ3) is 1.60. The molecule has 2 amide bonds. The van der Waals surface area contributed by atoms with Gasteiger partial charge < -0.3 is 0 Å². The standard InChI is InChI=1S/C14H11N3O2/c1-13(10-5-3-2-4-6-10)7-11(18)17-12(19)14(13,8-15)9-16/h2-6H,7H2,1H3,(H,17,18,19). The van der Waals surface area contributed by atoms with Gasteiger partial charge in [-0.15, -0.1) is 0 Å². The summed E-state index contributed by atoms with van der Waals surface area (Å²) < 4.78 is 0. The number of carbonyl (C=O) groups is 2. The predicted octanol–water partition coefficient (Wildman–Crippen LogP) is 1.02. The number of imide groups is 1. The molecule has 1 fully saturated rings. The average Bonchev–Trinajstić information content (AvgIpc) is 2.40. The van der Waals surface area contributed by atoms with Crippen LogP contribution in [0.3, 0.4) is 0 Å². The summed E-state index contributed by atoms with van der Waals surface area (Å²) >= 11 is 0. The fourth-order valence-corrected chi connectivity index (χ4v) is 2.47. The number of amides is 2. The highest BCUT2D eigenvalue weighted by Crippen LogP contribution is 2.46. The van der Waals surface area contributed by atoms with Crippen LogP contribution in [0.4, 0.5) is 0 Å². The van der Waals surface area contributed by atoms with Crippen molar-refractivity contribution >= 4 is 11.8 Å². The second-order valence-electron chi connectivity index (χ2n) is 4.73. The number of nitrogens with one attached hydrogen (secondary N) is 1. The van der Waals surface area contributed by atoms with Crippen LogP contribution in [0.15, 0.2) is 30.3 Å². The summed E-state index contributed by atoms with van der Waals surface area (Å²) in [4.78, 5) is 23.6. The van der Waals surface area contributed by atoms with Crippen LogP contribution in [-0.2, 0) is 15.0 Å². The molecule has 5 nitrogen and oxygen atoms in total. The summed E-state index contributed by atoms with van der Waals surface area (Å²) in [5.74, 6) is -1.32. The Bertz CT molecular complexity index is 610. The Hall–Kier alpha value is -2.66. The molecule has 1 heterocycles. The molecule has 19 heavy (non-hydrogen) atoms. The van der Waals surface area contributed by atoms with Gasteiger partial charge in [0, 0.05) is 11.8 Å². The number of nitrogens with zero attached hydrogens (tertiary/aromatic N) is 2. The first-order valence-electron chi connectivity index (χ1n) is 5.72. The van der Waals surface area contributed by atoms with E-state index in [1.807, 2.05) is 0 Å². The molecule has 0 saturated carbocycles. The van der Waals surface area contributed by atoms with Gasteiger partial charge in [0.1, 0.15) is 0 Å². The normalized spacial score (nSPS) is 25.0. The number of piperidine rings is 1. The average molecular weight is 253 g/mol. The fourth-order valence-electron chi connectivity index (χ4n) is 2.47. The molecule has 1 saturated heterocycles. The quantitative estimate of drug-likeness (QED) is 0.756. The second-order valence-corrected chi connectivity index (χ2v) is 4.73. The Morgan fingerprint density at radius 2 is 1.74 bits per heavy atom. The Balaban J connectivity index is 2.70. The molecule has 0 radical (unpaired) electrons. The summed E-state index contributed by atoms with van der Waals surface area (Å²) in [6.45, 7) is 1.60. The summed E-state index contributed by atoms with van der Waals surface area (Å²) in [5, 5.41) is 20.8. The molecule has 1 N–H and O–H groups in total. The van der Waals surface area contributed by atoms with Crippen molar-refractivity contribution in [2.24, 2.45) is 5.41 Å². The van der Waals surface area contributed by atoms with E-state index >= 15 is 0 Å². The largest absolute Gasteiger partial charge is 0.294 e. The molecular formula is C14H11N3O2. The van der Waals surface area contributed by atoms with Crippen molar-refractivity contribution in [3.63, 3.8) is 0 Å². The maximum absolute atomic E-state index is 12.0. The molecule has 1 aliphatic rings. The van der Waals surface area contributed by atoms with Gasteiger partial charge in [-0.1, -0.05) is 37.3 Å². The lowest BCUT2D eigenvalue weighted by atomic mass is 9.58. The van der Waals surface area contributed by atoms with Crippen molar-refractivity contribution in [2.45, 2.75) is 18.8 Å². The van der Waals surface area contributed by atoms with E-state index in [9.17, 15) is 20.1 Å². The molecule has 1 unspecified atom stereocenters. The fraction of sp³-hybridized carbons (Fsp3) is 0.286. The van der Waals surface area contributed by atoms with Crippen molar-refractivity contribution in [1.29, 1.82) is 10.5 Å². The van der Waals surface area contributed by atoms with Crippen molar-refractivity contribution in [2.75, 3.05) is 0 Å². The Morgan fingerprint density at radius 1 is 1.16 bits per heavy atom. The van der Waals surface area contributed by atoms with E-state index in [0.717, 1.165) is 0 Å². The maximum atomic E-state index is 12.0. The number of nitriles is 2. The highest BCUT2D eigenvalue weighted by Gasteiger charge is 2.60. The molecule has 5 heteroatoms. The molecule has 2 rings (SSSR count). The van der Waals surface area contributed by atoms with Crippen molar-refractivity contribution in [1.82, 2.24) is 5.32 Å². The Kier molecular flexibility index (Phi) is 2.84. The van der Waals surface area contributed by atoms with Gasteiger partial charge >= 0.3 is 0 Å². The molecule has 1 atom stereocenters. The van der Waals surface area contributed by atoms with Crippen LogP contribution in [0.1, 0.15) is 18.9 Å².